The molecule has 1 saturated heterocycles. The minimum Gasteiger partial charge on any atom is -0.459 e. The number of rotatable bonds is 3. The Balaban J connectivity index is 1.89. The van der Waals surface area contributed by atoms with Crippen molar-refractivity contribution in [2.75, 3.05) is 33.2 Å². The number of likely N-dealkylation sites (N-methyl/N-ethyl adjacent to an activating group) is 1. The number of benzene rings is 1. The van der Waals surface area contributed by atoms with Crippen LogP contribution in [-0.4, -0.2) is 49.1 Å². The van der Waals surface area contributed by atoms with E-state index in [0.29, 0.717) is 12.6 Å². The van der Waals surface area contributed by atoms with Crippen LogP contribution in [0.3, 0.4) is 0 Å². The monoisotopic (exact) mass is 273 g/mol. The minimum absolute atomic E-state index is 0.172. The molecule has 2 atom stereocenters. The molecule has 0 aliphatic carbocycles. The van der Waals surface area contributed by atoms with Gasteiger partial charge in [-0.2, -0.15) is 0 Å². The van der Waals surface area contributed by atoms with Gasteiger partial charge in [0.2, 0.25) is 0 Å². The lowest BCUT2D eigenvalue weighted by atomic mass is 10.1. The van der Waals surface area contributed by atoms with Crippen molar-refractivity contribution in [2.24, 2.45) is 5.73 Å². The molecule has 20 heavy (non-hydrogen) atoms. The van der Waals surface area contributed by atoms with Crippen molar-refractivity contribution in [1.82, 2.24) is 9.80 Å². The van der Waals surface area contributed by atoms with Crippen LogP contribution in [0, 0.1) is 0 Å². The van der Waals surface area contributed by atoms with E-state index in [1.165, 1.54) is 0 Å². The molecular weight excluding hydrogens is 250 g/mol. The summed E-state index contributed by atoms with van der Waals surface area (Å²) in [5.74, 6) is 0.991. The molecule has 1 aliphatic heterocycles. The molecule has 1 aliphatic rings. The van der Waals surface area contributed by atoms with Crippen LogP contribution in [0.2, 0.25) is 0 Å². The quantitative estimate of drug-likeness (QED) is 0.930. The number of nitrogens with zero attached hydrogens (tertiary/aromatic N) is 2. The second-order valence-electron chi connectivity index (χ2n) is 5.79. The molecule has 0 bridgehead atoms. The lowest BCUT2D eigenvalue weighted by molar-refractivity contribution is 0.0558. The zero-order chi connectivity index (χ0) is 14.1. The van der Waals surface area contributed by atoms with Crippen LogP contribution in [-0.2, 0) is 0 Å². The third-order valence-electron chi connectivity index (χ3n) is 4.28. The van der Waals surface area contributed by atoms with E-state index < -0.39 is 0 Å². The van der Waals surface area contributed by atoms with Gasteiger partial charge in [0.15, 0.2) is 0 Å². The van der Waals surface area contributed by atoms with E-state index in [9.17, 15) is 0 Å². The Morgan fingerprint density at radius 2 is 2.15 bits per heavy atom. The molecule has 108 valence electrons. The summed E-state index contributed by atoms with van der Waals surface area (Å²) in [7, 11) is 2.17. The fourth-order valence-corrected chi connectivity index (χ4v) is 3.20. The maximum Gasteiger partial charge on any atom is 0.134 e. The summed E-state index contributed by atoms with van der Waals surface area (Å²) in [6.45, 7) is 6.06. The largest absolute Gasteiger partial charge is 0.459 e. The molecule has 0 spiro atoms. The maximum atomic E-state index is 6.04. The van der Waals surface area contributed by atoms with Crippen molar-refractivity contribution in [1.29, 1.82) is 0 Å². The Morgan fingerprint density at radius 3 is 2.85 bits per heavy atom. The highest BCUT2D eigenvalue weighted by molar-refractivity contribution is 5.77. The number of furan rings is 1. The third-order valence-corrected chi connectivity index (χ3v) is 4.28. The van der Waals surface area contributed by atoms with Crippen molar-refractivity contribution in [3.8, 4) is 0 Å². The van der Waals surface area contributed by atoms with Gasteiger partial charge in [-0.15, -0.1) is 0 Å². The van der Waals surface area contributed by atoms with Crippen LogP contribution >= 0.6 is 0 Å². The highest BCUT2D eigenvalue weighted by Crippen LogP contribution is 2.29. The van der Waals surface area contributed by atoms with Crippen LogP contribution in [0.15, 0.2) is 34.7 Å². The molecule has 2 N–H and O–H groups in total. The first-order valence-corrected chi connectivity index (χ1v) is 7.32. The van der Waals surface area contributed by atoms with E-state index >= 15 is 0 Å². The molecule has 2 aromatic rings. The second kappa shape index (κ2) is 5.56. The number of hydrogen-bond acceptors (Lipinski definition) is 4. The average Bonchev–Trinajstić information content (AvgIpc) is 2.85. The summed E-state index contributed by atoms with van der Waals surface area (Å²) < 4.78 is 6.01. The third kappa shape index (κ3) is 2.46. The Labute approximate surface area is 120 Å². The van der Waals surface area contributed by atoms with Crippen molar-refractivity contribution < 1.29 is 4.42 Å². The molecular formula is C16H23N3O. The molecule has 0 amide bonds. The number of piperazine rings is 1. The molecule has 0 radical (unpaired) electrons. The van der Waals surface area contributed by atoms with E-state index in [1.54, 1.807) is 0 Å². The first-order chi connectivity index (χ1) is 9.69. The predicted molar refractivity (Wildman–Crippen MR) is 81.7 cm³/mol. The van der Waals surface area contributed by atoms with Gasteiger partial charge in [0.25, 0.3) is 0 Å². The van der Waals surface area contributed by atoms with E-state index in [-0.39, 0.29) is 6.04 Å². The highest BCUT2D eigenvalue weighted by atomic mass is 16.3. The summed E-state index contributed by atoms with van der Waals surface area (Å²) in [5.41, 5.74) is 6.99. The van der Waals surface area contributed by atoms with Crippen molar-refractivity contribution in [2.45, 2.75) is 19.0 Å². The van der Waals surface area contributed by atoms with Crippen molar-refractivity contribution >= 4 is 11.0 Å². The number of nitrogens with two attached hydrogens (primary N) is 1. The van der Waals surface area contributed by atoms with Gasteiger partial charge in [-0.25, -0.2) is 0 Å². The normalized spacial score (nSPS) is 23.2. The first-order valence-electron chi connectivity index (χ1n) is 7.32. The fraction of sp³-hybridized carbons (Fsp3) is 0.500. The maximum absolute atomic E-state index is 6.04. The SMILES string of the molecule is CC1CN(C)CCN1C(CN)c1cc2ccccc2o1. The first kappa shape index (κ1) is 13.6. The van der Waals surface area contributed by atoms with Gasteiger partial charge < -0.3 is 15.1 Å². The van der Waals surface area contributed by atoms with E-state index in [2.05, 4.69) is 35.9 Å². The van der Waals surface area contributed by atoms with Gasteiger partial charge in [-0.1, -0.05) is 18.2 Å². The number of para-hydroxylation sites is 1. The highest BCUT2D eigenvalue weighted by Gasteiger charge is 2.30. The molecule has 1 aromatic carbocycles. The topological polar surface area (TPSA) is 45.6 Å². The van der Waals surface area contributed by atoms with Gasteiger partial charge in [0.1, 0.15) is 11.3 Å². The Bertz CT molecular complexity index is 547. The molecule has 1 aromatic heterocycles. The van der Waals surface area contributed by atoms with Crippen LogP contribution in [0.4, 0.5) is 0 Å². The zero-order valence-electron chi connectivity index (χ0n) is 12.2. The Kier molecular flexibility index (Phi) is 3.78. The van der Waals surface area contributed by atoms with Crippen LogP contribution in [0.1, 0.15) is 18.7 Å². The van der Waals surface area contributed by atoms with Crippen molar-refractivity contribution in [3.05, 3.63) is 36.1 Å². The van der Waals surface area contributed by atoms with Gasteiger partial charge in [0, 0.05) is 37.6 Å². The lowest BCUT2D eigenvalue weighted by Crippen LogP contribution is -2.52. The smallest absolute Gasteiger partial charge is 0.134 e. The van der Waals surface area contributed by atoms with Gasteiger partial charge in [0.05, 0.1) is 6.04 Å². The van der Waals surface area contributed by atoms with Gasteiger partial charge in [-0.3, -0.25) is 4.90 Å². The Hall–Kier alpha value is -1.36. The van der Waals surface area contributed by atoms with E-state index in [4.69, 9.17) is 10.2 Å². The van der Waals surface area contributed by atoms with Gasteiger partial charge in [-0.05, 0) is 26.1 Å². The van der Waals surface area contributed by atoms with Crippen molar-refractivity contribution in [3.63, 3.8) is 0 Å². The summed E-state index contributed by atoms with van der Waals surface area (Å²) in [5, 5.41) is 1.16. The molecule has 0 saturated carbocycles. The van der Waals surface area contributed by atoms with E-state index in [0.717, 1.165) is 36.4 Å². The van der Waals surface area contributed by atoms with Crippen LogP contribution in [0.25, 0.3) is 11.0 Å². The zero-order valence-corrected chi connectivity index (χ0v) is 12.2. The molecule has 2 heterocycles. The number of hydrogen-bond donors (Lipinski definition) is 1. The van der Waals surface area contributed by atoms with E-state index in [1.807, 2.05) is 18.2 Å². The predicted octanol–water partition coefficient (Wildman–Crippen LogP) is 2.07. The summed E-state index contributed by atoms with van der Waals surface area (Å²) in [6.07, 6.45) is 0. The molecule has 4 heteroatoms. The molecule has 1 fully saturated rings. The average molecular weight is 273 g/mol. The molecule has 4 nitrogen and oxygen atoms in total. The minimum atomic E-state index is 0.172. The van der Waals surface area contributed by atoms with Gasteiger partial charge >= 0.3 is 0 Å². The summed E-state index contributed by atoms with van der Waals surface area (Å²) >= 11 is 0. The summed E-state index contributed by atoms with van der Waals surface area (Å²) in [4.78, 5) is 4.84. The fourth-order valence-electron chi connectivity index (χ4n) is 3.20. The number of fused-ring (bicyclic) bond motifs is 1. The molecule has 3 rings (SSSR count). The van der Waals surface area contributed by atoms with Crippen LogP contribution in [0.5, 0.6) is 0 Å². The second-order valence-corrected chi connectivity index (χ2v) is 5.79. The molecule has 2 unspecified atom stereocenters. The standard InChI is InChI=1S/C16H23N3O/c1-12-11-18(2)7-8-19(12)14(10-17)16-9-13-5-3-4-6-15(13)20-16/h3-6,9,12,14H,7-8,10-11,17H2,1-2H3. The Morgan fingerprint density at radius 1 is 1.35 bits per heavy atom. The summed E-state index contributed by atoms with van der Waals surface area (Å²) in [6, 6.07) is 11.0. The lowest BCUT2D eigenvalue weighted by Gasteiger charge is -2.41. The van der Waals surface area contributed by atoms with Crippen LogP contribution < -0.4 is 5.73 Å².